The van der Waals surface area contributed by atoms with Crippen molar-refractivity contribution in [3.63, 3.8) is 0 Å². The fourth-order valence-corrected chi connectivity index (χ4v) is 8.05. The van der Waals surface area contributed by atoms with Gasteiger partial charge in [-0.2, -0.15) is 22.6 Å². The third kappa shape index (κ3) is 6.83. The normalized spacial score (nSPS) is 19.6. The summed E-state index contributed by atoms with van der Waals surface area (Å²) in [5.74, 6) is 1.34. The first-order valence-electron chi connectivity index (χ1n) is 16.4. The van der Waals surface area contributed by atoms with E-state index in [1.807, 2.05) is 6.20 Å². The fourth-order valence-electron chi connectivity index (χ4n) is 7.26. The van der Waals surface area contributed by atoms with Crippen molar-refractivity contribution in [2.75, 3.05) is 63.6 Å². The highest BCUT2D eigenvalue weighted by Crippen LogP contribution is 2.36. The molecule has 1 unspecified atom stereocenters. The van der Waals surface area contributed by atoms with E-state index in [0.29, 0.717) is 48.9 Å². The molecule has 3 aromatic heterocycles. The Labute approximate surface area is 277 Å². The molecular weight excluding hydrogens is 647 g/mol. The van der Waals surface area contributed by atoms with Crippen molar-refractivity contribution in [3.05, 3.63) is 65.1 Å². The molecule has 258 valence electrons. The summed E-state index contributed by atoms with van der Waals surface area (Å²) in [5, 5.41) is 17.1. The number of sulfonamides is 1. The number of fused-ring (bicyclic) bond motifs is 2. The van der Waals surface area contributed by atoms with Crippen LogP contribution in [0.1, 0.15) is 41.1 Å². The number of aromatic amines is 1. The van der Waals surface area contributed by atoms with Crippen LogP contribution in [-0.4, -0.2) is 107 Å². The lowest BCUT2D eigenvalue weighted by molar-refractivity contribution is -0.137. The van der Waals surface area contributed by atoms with Crippen LogP contribution in [0, 0.1) is 0 Å². The Morgan fingerprint density at radius 3 is 2.48 bits per heavy atom. The maximum atomic E-state index is 13.2. The van der Waals surface area contributed by atoms with Gasteiger partial charge in [0.25, 0.3) is 0 Å². The number of hydrogen-bond acceptors (Lipinski definition) is 8. The van der Waals surface area contributed by atoms with Gasteiger partial charge in [0.15, 0.2) is 0 Å². The van der Waals surface area contributed by atoms with E-state index in [9.17, 15) is 26.7 Å². The summed E-state index contributed by atoms with van der Waals surface area (Å²) in [7, 11) is -3.49. The lowest BCUT2D eigenvalue weighted by atomic mass is 9.89. The number of nitrogens with zero attached hydrogens (tertiary/aromatic N) is 6. The Bertz CT molecular complexity index is 1860. The predicted octanol–water partition coefficient (Wildman–Crippen LogP) is 3.84. The standard InChI is InChI=1S/C33H40F3N7O4S/c1-48(45,46)42-11-8-30-28(21-42)32(23-2-4-24(5-3-23)33(34,35)36)39-43(30)20-25(44)19-40-9-6-22(7-10-40)26-17-37-29-16-31(38-18-27(26)29)41-12-14-47-15-13-41/h2-5,16-18,22,25,37,44H,6-15,19-21H2,1H3. The van der Waals surface area contributed by atoms with Crippen LogP contribution in [0.3, 0.4) is 0 Å². The van der Waals surface area contributed by atoms with Crippen LogP contribution >= 0.6 is 0 Å². The first kappa shape index (κ1) is 33.0. The average molecular weight is 688 g/mol. The number of H-pyrrole nitrogens is 1. The number of piperidine rings is 1. The minimum atomic E-state index is -4.47. The van der Waals surface area contributed by atoms with Gasteiger partial charge < -0.3 is 24.6 Å². The summed E-state index contributed by atoms with van der Waals surface area (Å²) < 4.78 is 72.9. The molecule has 48 heavy (non-hydrogen) atoms. The molecule has 0 saturated carbocycles. The van der Waals surface area contributed by atoms with Crippen LogP contribution in [0.4, 0.5) is 19.0 Å². The Kier molecular flexibility index (Phi) is 9.00. The van der Waals surface area contributed by atoms with Gasteiger partial charge in [0.1, 0.15) is 5.82 Å². The first-order chi connectivity index (χ1) is 22.9. The highest BCUT2D eigenvalue weighted by atomic mass is 32.2. The molecule has 7 rings (SSSR count). The van der Waals surface area contributed by atoms with Crippen molar-refractivity contribution in [1.29, 1.82) is 0 Å². The molecule has 0 spiro atoms. The maximum Gasteiger partial charge on any atom is 0.416 e. The van der Waals surface area contributed by atoms with Gasteiger partial charge in [-0.25, -0.2) is 13.4 Å². The molecule has 15 heteroatoms. The molecule has 11 nitrogen and oxygen atoms in total. The van der Waals surface area contributed by atoms with E-state index >= 15 is 0 Å². The van der Waals surface area contributed by atoms with E-state index in [2.05, 4.69) is 27.0 Å². The summed E-state index contributed by atoms with van der Waals surface area (Å²) in [6, 6.07) is 6.86. The number of aliphatic hydroxyl groups is 1. The zero-order valence-electron chi connectivity index (χ0n) is 26.8. The predicted molar refractivity (Wildman–Crippen MR) is 175 cm³/mol. The molecule has 6 heterocycles. The van der Waals surface area contributed by atoms with E-state index in [1.165, 1.54) is 22.0 Å². The lowest BCUT2D eigenvalue weighted by Crippen LogP contribution is -2.40. The molecule has 0 radical (unpaired) electrons. The van der Waals surface area contributed by atoms with Crippen molar-refractivity contribution in [3.8, 4) is 11.3 Å². The number of anilines is 1. The molecule has 2 N–H and O–H groups in total. The number of alkyl halides is 3. The van der Waals surface area contributed by atoms with Crippen molar-refractivity contribution in [2.24, 2.45) is 0 Å². The van der Waals surface area contributed by atoms with Crippen molar-refractivity contribution < 1.29 is 31.4 Å². The smallest absolute Gasteiger partial charge is 0.390 e. The van der Waals surface area contributed by atoms with E-state index in [4.69, 9.17) is 14.8 Å². The molecule has 1 aromatic carbocycles. The Morgan fingerprint density at radius 2 is 1.79 bits per heavy atom. The van der Waals surface area contributed by atoms with Gasteiger partial charge in [-0.15, -0.1) is 0 Å². The van der Waals surface area contributed by atoms with Gasteiger partial charge >= 0.3 is 6.18 Å². The molecule has 0 aliphatic carbocycles. The largest absolute Gasteiger partial charge is 0.416 e. The summed E-state index contributed by atoms with van der Waals surface area (Å²) >= 11 is 0. The molecule has 0 bridgehead atoms. The number of pyridine rings is 1. The highest BCUT2D eigenvalue weighted by molar-refractivity contribution is 7.88. The van der Waals surface area contributed by atoms with E-state index in [1.54, 1.807) is 4.68 Å². The third-order valence-corrected chi connectivity index (χ3v) is 11.1. The number of aromatic nitrogens is 4. The Morgan fingerprint density at radius 1 is 1.06 bits per heavy atom. The topological polar surface area (TPSA) is 120 Å². The maximum absolute atomic E-state index is 13.2. The van der Waals surface area contributed by atoms with Gasteiger partial charge in [0.2, 0.25) is 10.0 Å². The van der Waals surface area contributed by atoms with Gasteiger partial charge in [0.05, 0.1) is 48.9 Å². The first-order valence-corrected chi connectivity index (χ1v) is 18.2. The van der Waals surface area contributed by atoms with Gasteiger partial charge in [0, 0.05) is 79.8 Å². The SMILES string of the molecule is CS(=O)(=O)N1CCc2c(c(-c3ccc(C(F)(F)F)cc3)nn2CC(O)CN2CCC(c3c[nH]c4cc(N5CCOCC5)ncc34)CC2)C1. The Hall–Kier alpha value is -3.50. The molecule has 0 amide bonds. The van der Waals surface area contributed by atoms with Crippen LogP contribution in [0.15, 0.2) is 42.7 Å². The van der Waals surface area contributed by atoms with Crippen molar-refractivity contribution >= 4 is 26.7 Å². The summed E-state index contributed by atoms with van der Waals surface area (Å²) in [6.07, 6.45) is 2.29. The number of benzene rings is 1. The second kappa shape index (κ2) is 13.1. The number of ether oxygens (including phenoxy) is 1. The second-order valence-corrected chi connectivity index (χ2v) is 15.0. The number of halogens is 3. The molecule has 3 aliphatic rings. The highest BCUT2D eigenvalue weighted by Gasteiger charge is 2.33. The quantitative estimate of drug-likeness (QED) is 0.287. The number of morpholine rings is 1. The number of likely N-dealkylation sites (tertiary alicyclic amines) is 1. The lowest BCUT2D eigenvalue weighted by Gasteiger charge is -2.33. The van der Waals surface area contributed by atoms with E-state index < -0.39 is 27.9 Å². The van der Waals surface area contributed by atoms with Crippen molar-refractivity contribution in [1.82, 2.24) is 29.0 Å². The van der Waals surface area contributed by atoms with Gasteiger partial charge in [-0.05, 0) is 49.5 Å². The van der Waals surface area contributed by atoms with Crippen LogP contribution in [-0.2, 0) is 40.4 Å². The zero-order chi connectivity index (χ0) is 33.6. The number of hydrogen-bond donors (Lipinski definition) is 2. The molecule has 4 aromatic rings. The van der Waals surface area contributed by atoms with Crippen molar-refractivity contribution in [2.45, 2.75) is 50.6 Å². The Balaban J connectivity index is 1.02. The number of aliphatic hydroxyl groups excluding tert-OH is 1. The third-order valence-electron chi connectivity index (χ3n) is 9.85. The average Bonchev–Trinajstić information content (AvgIpc) is 3.66. The summed E-state index contributed by atoms with van der Waals surface area (Å²) in [6.45, 7) is 5.73. The molecule has 2 saturated heterocycles. The molecular formula is C33H40F3N7O4S. The summed E-state index contributed by atoms with van der Waals surface area (Å²) in [5.41, 5.74) is 3.94. The van der Waals surface area contributed by atoms with Gasteiger partial charge in [-0.1, -0.05) is 12.1 Å². The van der Waals surface area contributed by atoms with Crippen LogP contribution in [0.25, 0.3) is 22.2 Å². The second-order valence-electron chi connectivity index (χ2n) is 13.0. The van der Waals surface area contributed by atoms with E-state index in [-0.39, 0.29) is 19.6 Å². The molecule has 2 fully saturated rings. The fraction of sp³-hybridized carbons (Fsp3) is 0.515. The van der Waals surface area contributed by atoms with Gasteiger partial charge in [-0.3, -0.25) is 4.68 Å². The zero-order valence-corrected chi connectivity index (χ0v) is 27.6. The van der Waals surface area contributed by atoms with Crippen LogP contribution in [0.2, 0.25) is 0 Å². The van der Waals surface area contributed by atoms with E-state index in [0.717, 1.165) is 79.8 Å². The summed E-state index contributed by atoms with van der Waals surface area (Å²) in [4.78, 5) is 12.7. The minimum absolute atomic E-state index is 0.0754. The molecule has 3 aliphatic heterocycles. The number of nitrogens with one attached hydrogen (secondary N) is 1. The monoisotopic (exact) mass is 687 g/mol. The number of β-amino-alcohol motifs (C(OH)–C–C–N with tert-alkyl or cyclic N) is 1. The van der Waals surface area contributed by atoms with Crippen LogP contribution in [0.5, 0.6) is 0 Å². The minimum Gasteiger partial charge on any atom is -0.390 e. The number of rotatable bonds is 8. The molecule has 1 atom stereocenters. The van der Waals surface area contributed by atoms with Crippen LogP contribution < -0.4 is 4.90 Å².